The van der Waals surface area contributed by atoms with E-state index in [2.05, 4.69) is 5.32 Å². The van der Waals surface area contributed by atoms with Crippen LogP contribution in [0.1, 0.15) is 13.3 Å². The van der Waals surface area contributed by atoms with Crippen LogP contribution >= 0.6 is 11.6 Å². The maximum Gasteiger partial charge on any atom is 0.265 e. The molecule has 0 radical (unpaired) electrons. The van der Waals surface area contributed by atoms with Gasteiger partial charge in [0.1, 0.15) is 5.75 Å². The van der Waals surface area contributed by atoms with Crippen LogP contribution in [0.15, 0.2) is 48.5 Å². The van der Waals surface area contributed by atoms with Crippen LogP contribution in [0.5, 0.6) is 5.75 Å². The molecule has 6 nitrogen and oxygen atoms in total. The Morgan fingerprint density at radius 2 is 1.92 bits per heavy atom. The van der Waals surface area contributed by atoms with Gasteiger partial charge in [-0.25, -0.2) is 8.42 Å². The number of amides is 1. The van der Waals surface area contributed by atoms with Crippen LogP contribution in [0, 0.1) is 0 Å². The summed E-state index contributed by atoms with van der Waals surface area (Å²) in [5, 5.41) is 3.28. The average Bonchev–Trinajstić information content (AvgIpc) is 2.58. The minimum Gasteiger partial charge on any atom is -0.481 e. The van der Waals surface area contributed by atoms with Crippen molar-refractivity contribution in [3.8, 4) is 5.75 Å². The molecule has 0 fully saturated rings. The van der Waals surface area contributed by atoms with Gasteiger partial charge in [-0.15, -0.1) is 0 Å². The summed E-state index contributed by atoms with van der Waals surface area (Å²) in [6.45, 7) is 1.84. The van der Waals surface area contributed by atoms with E-state index in [1.807, 2.05) is 6.92 Å². The molecule has 0 aromatic heterocycles. The van der Waals surface area contributed by atoms with Gasteiger partial charge in [-0.2, -0.15) is 0 Å². The van der Waals surface area contributed by atoms with Crippen molar-refractivity contribution in [3.05, 3.63) is 53.6 Å². The van der Waals surface area contributed by atoms with Crippen LogP contribution in [-0.2, 0) is 14.8 Å². The van der Waals surface area contributed by atoms with E-state index in [0.29, 0.717) is 28.6 Å². The molecule has 8 heteroatoms. The van der Waals surface area contributed by atoms with E-state index in [4.69, 9.17) is 16.3 Å². The highest BCUT2D eigenvalue weighted by Crippen LogP contribution is 2.22. The first-order valence-corrected chi connectivity index (χ1v) is 10.2. The standard InChI is InChI=1S/C18H21ClN2O4S/c1-4-17(25-16-10-5-7-13(19)11-16)18(22)20-14-8-6-9-15(12-14)21(2)26(3,23)24/h5-12,17H,4H2,1-3H3,(H,20,22)/t17-/m0/s1. The normalized spacial score (nSPS) is 12.3. The van der Waals surface area contributed by atoms with E-state index in [1.165, 1.54) is 7.05 Å². The lowest BCUT2D eigenvalue weighted by molar-refractivity contribution is -0.122. The summed E-state index contributed by atoms with van der Waals surface area (Å²) >= 11 is 5.93. The van der Waals surface area contributed by atoms with Gasteiger partial charge in [0, 0.05) is 17.8 Å². The molecule has 0 saturated heterocycles. The largest absolute Gasteiger partial charge is 0.481 e. The summed E-state index contributed by atoms with van der Waals surface area (Å²) in [7, 11) is -1.93. The number of nitrogens with zero attached hydrogens (tertiary/aromatic N) is 1. The van der Waals surface area contributed by atoms with E-state index in [1.54, 1.807) is 48.5 Å². The van der Waals surface area contributed by atoms with Gasteiger partial charge in [0.2, 0.25) is 10.0 Å². The van der Waals surface area contributed by atoms with Gasteiger partial charge in [-0.3, -0.25) is 9.10 Å². The van der Waals surface area contributed by atoms with E-state index in [0.717, 1.165) is 10.6 Å². The number of benzene rings is 2. The van der Waals surface area contributed by atoms with E-state index < -0.39 is 16.1 Å². The molecule has 140 valence electrons. The van der Waals surface area contributed by atoms with Crippen LogP contribution in [0.25, 0.3) is 0 Å². The maximum atomic E-state index is 12.5. The predicted octanol–water partition coefficient (Wildman–Crippen LogP) is 3.53. The number of anilines is 2. The Kier molecular flexibility index (Phi) is 6.50. The Morgan fingerprint density at radius 1 is 1.23 bits per heavy atom. The van der Waals surface area contributed by atoms with Gasteiger partial charge in [0.15, 0.2) is 6.10 Å². The summed E-state index contributed by atoms with van der Waals surface area (Å²) in [6, 6.07) is 13.4. The number of nitrogens with one attached hydrogen (secondary N) is 1. The van der Waals surface area contributed by atoms with Gasteiger partial charge in [0.25, 0.3) is 5.91 Å². The highest BCUT2D eigenvalue weighted by molar-refractivity contribution is 7.92. The van der Waals surface area contributed by atoms with Crippen molar-refractivity contribution < 1.29 is 17.9 Å². The lowest BCUT2D eigenvalue weighted by Crippen LogP contribution is -2.32. The second kappa shape index (κ2) is 8.42. The molecule has 0 bridgehead atoms. The Hall–Kier alpha value is -2.25. The predicted molar refractivity (Wildman–Crippen MR) is 104 cm³/mol. The first-order chi connectivity index (χ1) is 12.2. The van der Waals surface area contributed by atoms with Crippen molar-refractivity contribution in [2.75, 3.05) is 22.9 Å². The SMILES string of the molecule is CC[C@H](Oc1cccc(Cl)c1)C(=O)Nc1cccc(N(C)S(C)(=O)=O)c1. The molecule has 1 N–H and O–H groups in total. The van der Waals surface area contributed by atoms with E-state index in [9.17, 15) is 13.2 Å². The lowest BCUT2D eigenvalue weighted by Gasteiger charge is -2.19. The second-order valence-electron chi connectivity index (χ2n) is 5.74. The zero-order valence-corrected chi connectivity index (χ0v) is 16.3. The van der Waals surface area contributed by atoms with Gasteiger partial charge in [-0.1, -0.05) is 30.7 Å². The first kappa shape index (κ1) is 20.1. The first-order valence-electron chi connectivity index (χ1n) is 7.97. The molecule has 2 rings (SSSR count). The molecule has 1 atom stereocenters. The number of sulfonamides is 1. The van der Waals surface area contributed by atoms with Gasteiger partial charge in [-0.05, 0) is 42.8 Å². The van der Waals surface area contributed by atoms with Crippen molar-refractivity contribution >= 4 is 38.9 Å². The fraction of sp³-hybridized carbons (Fsp3) is 0.278. The molecule has 0 spiro atoms. The molecule has 0 aliphatic heterocycles. The van der Waals surface area contributed by atoms with Crippen LogP contribution in [-0.4, -0.2) is 33.7 Å². The Morgan fingerprint density at radius 3 is 2.54 bits per heavy atom. The third-order valence-corrected chi connectivity index (χ3v) is 5.15. The van der Waals surface area contributed by atoms with Crippen LogP contribution in [0.2, 0.25) is 5.02 Å². The average molecular weight is 397 g/mol. The summed E-state index contributed by atoms with van der Waals surface area (Å²) in [5.74, 6) is 0.177. The molecule has 26 heavy (non-hydrogen) atoms. The fourth-order valence-corrected chi connectivity index (χ4v) is 2.90. The van der Waals surface area contributed by atoms with Gasteiger partial charge < -0.3 is 10.1 Å². The van der Waals surface area contributed by atoms with Crippen LogP contribution in [0.3, 0.4) is 0 Å². The van der Waals surface area contributed by atoms with Crippen molar-refractivity contribution in [2.45, 2.75) is 19.4 Å². The highest BCUT2D eigenvalue weighted by atomic mass is 35.5. The monoisotopic (exact) mass is 396 g/mol. The van der Waals surface area contributed by atoms with Gasteiger partial charge in [0.05, 0.1) is 11.9 Å². The minimum absolute atomic E-state index is 0.327. The molecule has 2 aromatic rings. The molecular formula is C18H21ClN2O4S. The van der Waals surface area contributed by atoms with E-state index >= 15 is 0 Å². The topological polar surface area (TPSA) is 75.7 Å². The van der Waals surface area contributed by atoms with Crippen molar-refractivity contribution in [1.82, 2.24) is 0 Å². The van der Waals surface area contributed by atoms with Crippen LogP contribution in [0.4, 0.5) is 11.4 Å². The zero-order chi connectivity index (χ0) is 19.3. The Bertz CT molecular complexity index is 886. The van der Waals surface area contributed by atoms with Crippen molar-refractivity contribution in [3.63, 3.8) is 0 Å². The zero-order valence-electron chi connectivity index (χ0n) is 14.8. The maximum absolute atomic E-state index is 12.5. The number of ether oxygens (including phenoxy) is 1. The minimum atomic E-state index is -3.38. The molecule has 2 aromatic carbocycles. The summed E-state index contributed by atoms with van der Waals surface area (Å²) in [5.41, 5.74) is 0.935. The molecule has 0 aliphatic rings. The molecular weight excluding hydrogens is 376 g/mol. The van der Waals surface area contributed by atoms with Gasteiger partial charge >= 0.3 is 0 Å². The quantitative estimate of drug-likeness (QED) is 0.776. The second-order valence-corrected chi connectivity index (χ2v) is 8.19. The summed E-state index contributed by atoms with van der Waals surface area (Å²) < 4.78 is 30.2. The Balaban J connectivity index is 2.12. The van der Waals surface area contributed by atoms with Crippen molar-refractivity contribution in [2.24, 2.45) is 0 Å². The summed E-state index contributed by atoms with van der Waals surface area (Å²) in [4.78, 5) is 12.5. The third-order valence-electron chi connectivity index (χ3n) is 3.71. The van der Waals surface area contributed by atoms with Crippen molar-refractivity contribution in [1.29, 1.82) is 0 Å². The fourth-order valence-electron chi connectivity index (χ4n) is 2.22. The third kappa shape index (κ3) is 5.37. The molecule has 0 aliphatic carbocycles. The molecule has 0 heterocycles. The number of hydrogen-bond acceptors (Lipinski definition) is 4. The number of rotatable bonds is 7. The molecule has 0 saturated carbocycles. The number of hydrogen-bond donors (Lipinski definition) is 1. The van der Waals surface area contributed by atoms with E-state index in [-0.39, 0.29) is 5.91 Å². The highest BCUT2D eigenvalue weighted by Gasteiger charge is 2.19. The molecule has 0 unspecified atom stereocenters. The van der Waals surface area contributed by atoms with Crippen LogP contribution < -0.4 is 14.4 Å². The molecule has 1 amide bonds. The number of carbonyl (C=O) groups excluding carboxylic acids is 1. The number of carbonyl (C=O) groups is 1. The summed E-state index contributed by atoms with van der Waals surface area (Å²) in [6.07, 6.45) is 0.871. The number of halogens is 1. The smallest absolute Gasteiger partial charge is 0.265 e. The lowest BCUT2D eigenvalue weighted by atomic mass is 10.2. The Labute approximate surface area is 158 Å².